The molecular weight excluding hydrogens is 272 g/mol. The molecule has 0 radical (unpaired) electrons. The van der Waals surface area contributed by atoms with Crippen molar-refractivity contribution in [3.05, 3.63) is 38.3 Å². The summed E-state index contributed by atoms with van der Waals surface area (Å²) in [5.74, 6) is 0. The topological polar surface area (TPSA) is 69.2 Å². The molecule has 2 rings (SSSR count). The number of nitro groups is 1. The number of halogens is 1. The number of nitro benzene ring substituents is 1. The highest BCUT2D eigenvalue weighted by molar-refractivity contribution is 9.10. The van der Waals surface area contributed by atoms with Crippen molar-refractivity contribution >= 4 is 21.6 Å². The molecule has 1 saturated carbocycles. The SMILES string of the molecule is CC(N)C1(c2cccc([N+](=O)[O-])c2Br)CC1. The van der Waals surface area contributed by atoms with Gasteiger partial charge in [0.2, 0.25) is 0 Å². The summed E-state index contributed by atoms with van der Waals surface area (Å²) >= 11 is 3.33. The minimum absolute atomic E-state index is 0.0193. The fourth-order valence-corrected chi connectivity index (χ4v) is 2.95. The van der Waals surface area contributed by atoms with E-state index in [1.54, 1.807) is 6.07 Å². The van der Waals surface area contributed by atoms with E-state index in [1.165, 1.54) is 6.07 Å². The van der Waals surface area contributed by atoms with Crippen LogP contribution in [0.3, 0.4) is 0 Å². The molecule has 1 unspecified atom stereocenters. The van der Waals surface area contributed by atoms with Crippen molar-refractivity contribution in [3.8, 4) is 0 Å². The molecule has 1 fully saturated rings. The van der Waals surface area contributed by atoms with Gasteiger partial charge in [-0.2, -0.15) is 0 Å². The van der Waals surface area contributed by atoms with Gasteiger partial charge in [0, 0.05) is 17.5 Å². The smallest absolute Gasteiger partial charge is 0.283 e. The molecule has 5 heteroatoms. The van der Waals surface area contributed by atoms with Crippen molar-refractivity contribution in [3.63, 3.8) is 0 Å². The molecule has 2 N–H and O–H groups in total. The van der Waals surface area contributed by atoms with Crippen LogP contribution in [0, 0.1) is 10.1 Å². The zero-order valence-corrected chi connectivity index (χ0v) is 10.5. The second-order valence-corrected chi connectivity index (χ2v) is 5.13. The molecule has 0 saturated heterocycles. The van der Waals surface area contributed by atoms with Gasteiger partial charge in [0.05, 0.1) is 9.40 Å². The van der Waals surface area contributed by atoms with Gasteiger partial charge in [0.15, 0.2) is 0 Å². The van der Waals surface area contributed by atoms with E-state index in [4.69, 9.17) is 5.73 Å². The Morgan fingerprint density at radius 2 is 2.19 bits per heavy atom. The lowest BCUT2D eigenvalue weighted by Gasteiger charge is -2.21. The van der Waals surface area contributed by atoms with Crippen LogP contribution in [0.25, 0.3) is 0 Å². The van der Waals surface area contributed by atoms with Gasteiger partial charge in [0.1, 0.15) is 0 Å². The van der Waals surface area contributed by atoms with Crippen LogP contribution in [0.2, 0.25) is 0 Å². The Hall–Kier alpha value is -0.940. The fourth-order valence-electron chi connectivity index (χ4n) is 2.15. The maximum Gasteiger partial charge on any atom is 0.283 e. The third-order valence-electron chi connectivity index (χ3n) is 3.37. The Kier molecular flexibility index (Phi) is 2.75. The maximum atomic E-state index is 10.8. The van der Waals surface area contributed by atoms with Crippen molar-refractivity contribution in [1.29, 1.82) is 0 Å². The van der Waals surface area contributed by atoms with Gasteiger partial charge < -0.3 is 5.73 Å². The first kappa shape index (κ1) is 11.5. The Labute approximate surface area is 102 Å². The van der Waals surface area contributed by atoms with Gasteiger partial charge >= 0.3 is 0 Å². The molecule has 1 aromatic carbocycles. The first-order valence-electron chi connectivity index (χ1n) is 5.18. The van der Waals surface area contributed by atoms with E-state index in [-0.39, 0.29) is 22.1 Å². The van der Waals surface area contributed by atoms with E-state index < -0.39 is 0 Å². The zero-order valence-electron chi connectivity index (χ0n) is 8.94. The molecule has 1 aromatic rings. The lowest BCUT2D eigenvalue weighted by Crippen LogP contribution is -2.31. The van der Waals surface area contributed by atoms with Crippen LogP contribution in [-0.4, -0.2) is 11.0 Å². The molecular formula is C11H13BrN2O2. The minimum Gasteiger partial charge on any atom is -0.327 e. The number of rotatable bonds is 3. The zero-order chi connectivity index (χ0) is 11.9. The third-order valence-corrected chi connectivity index (χ3v) is 4.21. The molecule has 4 nitrogen and oxygen atoms in total. The third kappa shape index (κ3) is 1.64. The Bertz CT molecular complexity index is 442. The fraction of sp³-hybridized carbons (Fsp3) is 0.455. The molecule has 0 spiro atoms. The van der Waals surface area contributed by atoms with Crippen molar-refractivity contribution in [2.75, 3.05) is 0 Å². The summed E-state index contributed by atoms with van der Waals surface area (Å²) in [6.07, 6.45) is 2.01. The van der Waals surface area contributed by atoms with Gasteiger partial charge in [-0.15, -0.1) is 0 Å². The molecule has 86 valence electrons. The summed E-state index contributed by atoms with van der Waals surface area (Å²) in [6, 6.07) is 5.17. The first-order valence-corrected chi connectivity index (χ1v) is 5.97. The number of nitrogens with two attached hydrogens (primary N) is 1. The molecule has 0 aromatic heterocycles. The lowest BCUT2D eigenvalue weighted by atomic mass is 9.89. The Morgan fingerprint density at radius 3 is 2.62 bits per heavy atom. The van der Waals surface area contributed by atoms with Gasteiger partial charge in [-0.25, -0.2) is 0 Å². The second kappa shape index (κ2) is 3.82. The van der Waals surface area contributed by atoms with Crippen LogP contribution in [0.15, 0.2) is 22.7 Å². The van der Waals surface area contributed by atoms with Crippen LogP contribution in [0.1, 0.15) is 25.3 Å². The van der Waals surface area contributed by atoms with Gasteiger partial charge in [-0.3, -0.25) is 10.1 Å². The van der Waals surface area contributed by atoms with E-state index in [9.17, 15) is 10.1 Å². The predicted molar refractivity (Wildman–Crippen MR) is 65.4 cm³/mol. The van der Waals surface area contributed by atoms with Crippen molar-refractivity contribution < 1.29 is 4.92 Å². The molecule has 0 heterocycles. The van der Waals surface area contributed by atoms with E-state index in [0.717, 1.165) is 18.4 Å². The average Bonchev–Trinajstić information content (AvgIpc) is 2.98. The summed E-state index contributed by atoms with van der Waals surface area (Å²) in [7, 11) is 0. The van der Waals surface area contributed by atoms with Crippen molar-refractivity contribution in [1.82, 2.24) is 0 Å². The molecule has 16 heavy (non-hydrogen) atoms. The van der Waals surface area contributed by atoms with Gasteiger partial charge in [-0.1, -0.05) is 12.1 Å². The Balaban J connectivity index is 2.51. The quantitative estimate of drug-likeness (QED) is 0.685. The minimum atomic E-state index is -0.370. The highest BCUT2D eigenvalue weighted by Gasteiger charge is 2.49. The molecule has 1 aliphatic carbocycles. The molecule has 0 bridgehead atoms. The van der Waals surface area contributed by atoms with E-state index in [2.05, 4.69) is 15.9 Å². The standard InChI is InChI=1S/C11H13BrN2O2/c1-7(13)11(5-6-11)8-3-2-4-9(10(8)12)14(15)16/h2-4,7H,5-6,13H2,1H3. The molecule has 1 atom stereocenters. The van der Waals surface area contributed by atoms with E-state index in [0.29, 0.717) is 4.47 Å². The van der Waals surface area contributed by atoms with Crippen molar-refractivity contribution in [2.45, 2.75) is 31.2 Å². The predicted octanol–water partition coefficient (Wildman–Crippen LogP) is 2.74. The highest BCUT2D eigenvalue weighted by atomic mass is 79.9. The number of benzene rings is 1. The summed E-state index contributed by atoms with van der Waals surface area (Å²) < 4.78 is 0.579. The largest absolute Gasteiger partial charge is 0.327 e. The van der Waals surface area contributed by atoms with Gasteiger partial charge in [-0.05, 0) is 41.3 Å². The first-order chi connectivity index (χ1) is 7.49. The van der Waals surface area contributed by atoms with Crippen LogP contribution in [-0.2, 0) is 5.41 Å². The highest BCUT2D eigenvalue weighted by Crippen LogP contribution is 2.53. The number of nitrogens with zero attached hydrogens (tertiary/aromatic N) is 1. The van der Waals surface area contributed by atoms with Crippen LogP contribution < -0.4 is 5.73 Å². The molecule has 1 aliphatic rings. The maximum absolute atomic E-state index is 10.8. The summed E-state index contributed by atoms with van der Waals surface area (Å²) in [6.45, 7) is 1.96. The number of hydrogen-bond donors (Lipinski definition) is 1. The van der Waals surface area contributed by atoms with E-state index >= 15 is 0 Å². The summed E-state index contributed by atoms with van der Waals surface area (Å²) in [4.78, 5) is 10.5. The van der Waals surface area contributed by atoms with E-state index in [1.807, 2.05) is 13.0 Å². The van der Waals surface area contributed by atoms with Crippen LogP contribution in [0.4, 0.5) is 5.69 Å². The lowest BCUT2D eigenvalue weighted by molar-refractivity contribution is -0.385. The second-order valence-electron chi connectivity index (χ2n) is 4.34. The van der Waals surface area contributed by atoms with Crippen LogP contribution in [0.5, 0.6) is 0 Å². The molecule has 0 aliphatic heterocycles. The number of hydrogen-bond acceptors (Lipinski definition) is 3. The average molecular weight is 285 g/mol. The molecule has 0 amide bonds. The summed E-state index contributed by atoms with van der Waals surface area (Å²) in [5.41, 5.74) is 6.99. The summed E-state index contributed by atoms with van der Waals surface area (Å²) in [5, 5.41) is 10.8. The van der Waals surface area contributed by atoms with Crippen molar-refractivity contribution in [2.24, 2.45) is 5.73 Å². The van der Waals surface area contributed by atoms with Gasteiger partial charge in [0.25, 0.3) is 5.69 Å². The Morgan fingerprint density at radius 1 is 1.56 bits per heavy atom. The van der Waals surface area contributed by atoms with Crippen LogP contribution >= 0.6 is 15.9 Å². The monoisotopic (exact) mass is 284 g/mol. The normalized spacial score (nSPS) is 19.2.